The first-order chi connectivity index (χ1) is 13.6. The monoisotopic (exact) mass is 376 g/mol. The average molecular weight is 377 g/mol. The summed E-state index contributed by atoms with van der Waals surface area (Å²) in [5.74, 6) is 1.65. The minimum atomic E-state index is 0.254. The summed E-state index contributed by atoms with van der Waals surface area (Å²) in [6, 6.07) is 8.91. The van der Waals surface area contributed by atoms with Crippen molar-refractivity contribution in [3.63, 3.8) is 0 Å². The third-order valence-electron chi connectivity index (χ3n) is 8.31. The first-order valence-corrected chi connectivity index (χ1v) is 11.7. The quantitative estimate of drug-likeness (QED) is 0.574. The lowest BCUT2D eigenvalue weighted by molar-refractivity contribution is 0.0279. The van der Waals surface area contributed by atoms with Gasteiger partial charge in [-0.2, -0.15) is 0 Å². The van der Waals surface area contributed by atoms with Gasteiger partial charge in [-0.15, -0.1) is 0 Å². The van der Waals surface area contributed by atoms with Gasteiger partial charge in [0.05, 0.1) is 11.2 Å². The Morgan fingerprint density at radius 3 is 2.11 bits per heavy atom. The number of nitrogens with zero attached hydrogens (tertiary/aromatic N) is 2. The maximum Gasteiger partial charge on any atom is 0.104 e. The molecule has 2 aliphatic carbocycles. The third kappa shape index (κ3) is 2.52. The number of hydrogen-bond acceptors (Lipinski definition) is 2. The summed E-state index contributed by atoms with van der Waals surface area (Å²) in [6.07, 6.45) is 18.4. The standard InChI is InChI=1S/C26H36N2/c1-19-11-7-10-16-24(19)27-20(2)25-17-18-26(28(25)21(27)3,23-14-8-9-15-23)22-12-5-4-6-13-22/h7,10-11,16-18,21-23H,4-6,8-9,12-15H2,1-3H3. The van der Waals surface area contributed by atoms with E-state index in [0.717, 1.165) is 11.8 Å². The molecule has 0 N–H and O–H groups in total. The second-order valence-electron chi connectivity index (χ2n) is 9.67. The third-order valence-corrected chi connectivity index (χ3v) is 8.31. The van der Waals surface area contributed by atoms with E-state index in [-0.39, 0.29) is 5.54 Å². The van der Waals surface area contributed by atoms with Crippen molar-refractivity contribution in [1.29, 1.82) is 0 Å². The van der Waals surface area contributed by atoms with Crippen molar-refractivity contribution in [3.8, 4) is 0 Å². The Labute approximate surface area is 171 Å². The van der Waals surface area contributed by atoms with E-state index in [0.29, 0.717) is 6.17 Å². The SMILES string of the molecule is CC1=C2C=CC(C3CCCCC3)(C3CCCC3)N2C(C)N1c1ccccc1C. The Balaban J connectivity index is 1.59. The molecule has 0 saturated heterocycles. The maximum atomic E-state index is 2.88. The molecule has 2 nitrogen and oxygen atoms in total. The van der Waals surface area contributed by atoms with Crippen LogP contribution in [0, 0.1) is 18.8 Å². The smallest absolute Gasteiger partial charge is 0.104 e. The topological polar surface area (TPSA) is 6.48 Å². The second kappa shape index (κ2) is 6.97. The zero-order valence-electron chi connectivity index (χ0n) is 18.0. The number of fused-ring (bicyclic) bond motifs is 1. The number of benzene rings is 1. The molecule has 2 aliphatic heterocycles. The molecule has 0 spiro atoms. The summed E-state index contributed by atoms with van der Waals surface area (Å²) >= 11 is 0. The van der Waals surface area contributed by atoms with Gasteiger partial charge in [0.15, 0.2) is 0 Å². The highest BCUT2D eigenvalue weighted by Crippen LogP contribution is 2.55. The molecule has 0 bridgehead atoms. The summed E-state index contributed by atoms with van der Waals surface area (Å²) in [5, 5.41) is 0. The molecule has 2 saturated carbocycles. The van der Waals surface area contributed by atoms with Crippen molar-refractivity contribution in [2.45, 2.75) is 90.3 Å². The maximum absolute atomic E-state index is 2.88. The molecule has 150 valence electrons. The fourth-order valence-corrected chi connectivity index (χ4v) is 7.09. The van der Waals surface area contributed by atoms with Crippen molar-refractivity contribution in [2.75, 3.05) is 4.90 Å². The molecule has 5 rings (SSSR count). The molecule has 2 heterocycles. The largest absolute Gasteiger partial charge is 0.340 e. The predicted octanol–water partition coefficient (Wildman–Crippen LogP) is 6.77. The molecule has 2 unspecified atom stereocenters. The van der Waals surface area contributed by atoms with Crippen LogP contribution in [0.5, 0.6) is 0 Å². The van der Waals surface area contributed by atoms with E-state index in [2.05, 4.69) is 67.0 Å². The summed E-state index contributed by atoms with van der Waals surface area (Å²) < 4.78 is 0. The van der Waals surface area contributed by atoms with Crippen molar-refractivity contribution in [3.05, 3.63) is 53.4 Å². The number of hydrogen-bond donors (Lipinski definition) is 0. The van der Waals surface area contributed by atoms with Crippen LogP contribution >= 0.6 is 0 Å². The molecular weight excluding hydrogens is 340 g/mol. The average Bonchev–Trinajstić information content (AvgIpc) is 3.43. The number of aryl methyl sites for hydroxylation is 1. The first kappa shape index (κ1) is 18.3. The molecule has 2 heteroatoms. The highest BCUT2D eigenvalue weighted by molar-refractivity contribution is 5.63. The van der Waals surface area contributed by atoms with Crippen LogP contribution < -0.4 is 4.90 Å². The molecular formula is C26H36N2. The Morgan fingerprint density at radius 2 is 1.46 bits per heavy atom. The lowest BCUT2D eigenvalue weighted by atomic mass is 9.67. The van der Waals surface area contributed by atoms with Crippen LogP contribution in [0.1, 0.15) is 77.2 Å². The highest BCUT2D eigenvalue weighted by atomic mass is 15.5. The van der Waals surface area contributed by atoms with Crippen LogP contribution in [0.3, 0.4) is 0 Å². The molecule has 2 fully saturated rings. The number of anilines is 1. The lowest BCUT2D eigenvalue weighted by Gasteiger charge is -2.52. The van der Waals surface area contributed by atoms with Gasteiger partial charge < -0.3 is 9.80 Å². The van der Waals surface area contributed by atoms with E-state index in [1.807, 2.05) is 0 Å². The summed E-state index contributed by atoms with van der Waals surface area (Å²) in [5.41, 5.74) is 5.95. The van der Waals surface area contributed by atoms with E-state index >= 15 is 0 Å². The van der Waals surface area contributed by atoms with Gasteiger partial charge in [0.2, 0.25) is 0 Å². The molecule has 0 amide bonds. The van der Waals surface area contributed by atoms with E-state index in [9.17, 15) is 0 Å². The lowest BCUT2D eigenvalue weighted by Crippen LogP contribution is -2.58. The minimum Gasteiger partial charge on any atom is -0.340 e. The fourth-order valence-electron chi connectivity index (χ4n) is 7.09. The normalized spacial score (nSPS) is 31.3. The van der Waals surface area contributed by atoms with E-state index in [1.165, 1.54) is 80.4 Å². The van der Waals surface area contributed by atoms with Crippen molar-refractivity contribution < 1.29 is 0 Å². The molecule has 0 aromatic heterocycles. The van der Waals surface area contributed by atoms with Crippen LogP contribution in [0.15, 0.2) is 47.8 Å². The first-order valence-electron chi connectivity index (χ1n) is 11.7. The van der Waals surface area contributed by atoms with Crippen molar-refractivity contribution in [1.82, 2.24) is 4.90 Å². The number of para-hydroxylation sites is 1. The van der Waals surface area contributed by atoms with Gasteiger partial charge in [-0.25, -0.2) is 0 Å². The fraction of sp³-hybridized carbons (Fsp3) is 0.615. The van der Waals surface area contributed by atoms with Crippen molar-refractivity contribution >= 4 is 5.69 Å². The van der Waals surface area contributed by atoms with Gasteiger partial charge in [0.1, 0.15) is 6.17 Å². The van der Waals surface area contributed by atoms with Crippen LogP contribution in [0.25, 0.3) is 0 Å². The van der Waals surface area contributed by atoms with E-state index in [1.54, 1.807) is 0 Å². The van der Waals surface area contributed by atoms with Crippen LogP contribution in [-0.2, 0) is 0 Å². The molecule has 4 aliphatic rings. The van der Waals surface area contributed by atoms with E-state index in [4.69, 9.17) is 0 Å². The zero-order chi connectivity index (χ0) is 19.3. The van der Waals surface area contributed by atoms with Crippen molar-refractivity contribution in [2.24, 2.45) is 11.8 Å². The molecule has 1 aromatic rings. The molecule has 0 radical (unpaired) electrons. The minimum absolute atomic E-state index is 0.254. The van der Waals surface area contributed by atoms with Gasteiger partial charge in [-0.05, 0) is 76.0 Å². The number of rotatable bonds is 3. The Kier molecular flexibility index (Phi) is 4.56. The zero-order valence-corrected chi connectivity index (χ0v) is 18.0. The van der Waals surface area contributed by atoms with Gasteiger partial charge in [-0.3, -0.25) is 0 Å². The van der Waals surface area contributed by atoms with Crippen LogP contribution in [-0.4, -0.2) is 16.6 Å². The molecule has 2 atom stereocenters. The summed E-state index contributed by atoms with van der Waals surface area (Å²) in [6.45, 7) is 7.04. The Morgan fingerprint density at radius 1 is 0.857 bits per heavy atom. The molecule has 1 aromatic carbocycles. The Bertz CT molecular complexity index is 794. The van der Waals surface area contributed by atoms with Crippen LogP contribution in [0.2, 0.25) is 0 Å². The van der Waals surface area contributed by atoms with E-state index < -0.39 is 0 Å². The molecule has 28 heavy (non-hydrogen) atoms. The summed E-state index contributed by atoms with van der Waals surface area (Å²) in [7, 11) is 0. The predicted molar refractivity (Wildman–Crippen MR) is 118 cm³/mol. The Hall–Kier alpha value is -1.70. The van der Waals surface area contributed by atoms with Gasteiger partial charge in [0, 0.05) is 11.4 Å². The van der Waals surface area contributed by atoms with Gasteiger partial charge >= 0.3 is 0 Å². The van der Waals surface area contributed by atoms with Crippen LogP contribution in [0.4, 0.5) is 5.69 Å². The summed E-state index contributed by atoms with van der Waals surface area (Å²) in [4.78, 5) is 5.49. The second-order valence-corrected chi connectivity index (χ2v) is 9.67. The number of allylic oxidation sites excluding steroid dienone is 2. The van der Waals surface area contributed by atoms with Gasteiger partial charge in [-0.1, -0.05) is 56.4 Å². The van der Waals surface area contributed by atoms with Gasteiger partial charge in [0.25, 0.3) is 0 Å². The highest BCUT2D eigenvalue weighted by Gasteiger charge is 2.56.